The third-order valence-electron chi connectivity index (χ3n) is 1.67. The lowest BCUT2D eigenvalue weighted by atomic mass is 10.3. The van der Waals surface area contributed by atoms with Crippen LogP contribution in [0.4, 0.5) is 0 Å². The maximum Gasteiger partial charge on any atom is 0.143 e. The molecule has 13 heavy (non-hydrogen) atoms. The first kappa shape index (κ1) is 14.6. The van der Waals surface area contributed by atoms with Gasteiger partial charge in [0, 0.05) is 0 Å². The van der Waals surface area contributed by atoms with Crippen LogP contribution in [-0.2, 0) is 4.79 Å². The summed E-state index contributed by atoms with van der Waals surface area (Å²) >= 11 is 0. The molecule has 0 spiro atoms. The monoisotopic (exact) mass is 184 g/mol. The summed E-state index contributed by atoms with van der Waals surface area (Å²) in [5, 5.41) is 7.77. The fraction of sp³-hybridized carbons (Fsp3) is 0.800. The lowest BCUT2D eigenvalue weighted by Crippen LogP contribution is -2.21. The predicted octanol–water partition coefficient (Wildman–Crippen LogP) is 1.84. The van der Waals surface area contributed by atoms with Gasteiger partial charge in [0.2, 0.25) is 0 Å². The summed E-state index contributed by atoms with van der Waals surface area (Å²) < 4.78 is 0. The molecule has 0 radical (unpaired) electrons. The van der Waals surface area contributed by atoms with E-state index in [-0.39, 0.29) is 12.2 Å². The van der Waals surface area contributed by atoms with Crippen LogP contribution in [0.15, 0.2) is 0 Å². The Balaban J connectivity index is 0. The fourth-order valence-corrected chi connectivity index (χ4v) is 0.782. The van der Waals surface area contributed by atoms with E-state index in [2.05, 4.69) is 25.7 Å². The maximum atomic E-state index is 9.82. The van der Waals surface area contributed by atoms with Crippen molar-refractivity contribution in [1.29, 1.82) is 5.26 Å². The van der Waals surface area contributed by atoms with Crippen LogP contribution in [0.25, 0.3) is 0 Å². The molecule has 0 bridgehead atoms. The molecule has 0 unspecified atom stereocenters. The lowest BCUT2D eigenvalue weighted by molar-refractivity contribution is -0.116. The standard InChI is InChI=1S/C6H15N.C4H5NO/c1-4-7(5-2)6-3;1-4(6)2-3-5/h4-6H2,1-3H3;2H2,1H3. The molecule has 0 atom stereocenters. The van der Waals surface area contributed by atoms with Gasteiger partial charge >= 0.3 is 0 Å². The van der Waals surface area contributed by atoms with E-state index in [0.29, 0.717) is 0 Å². The molecule has 0 aliphatic rings. The van der Waals surface area contributed by atoms with Crippen molar-refractivity contribution >= 4 is 5.78 Å². The van der Waals surface area contributed by atoms with Gasteiger partial charge in [0.1, 0.15) is 5.78 Å². The average molecular weight is 184 g/mol. The minimum Gasteiger partial charge on any atom is -0.304 e. The van der Waals surface area contributed by atoms with Crippen LogP contribution in [0.2, 0.25) is 0 Å². The topological polar surface area (TPSA) is 44.1 Å². The van der Waals surface area contributed by atoms with Crippen molar-refractivity contribution in [3.05, 3.63) is 0 Å². The van der Waals surface area contributed by atoms with Gasteiger partial charge in [0.05, 0.1) is 12.5 Å². The number of rotatable bonds is 4. The predicted molar refractivity (Wildman–Crippen MR) is 54.4 cm³/mol. The van der Waals surface area contributed by atoms with E-state index in [4.69, 9.17) is 5.26 Å². The fourth-order valence-electron chi connectivity index (χ4n) is 0.782. The number of nitriles is 1. The minimum atomic E-state index is -0.0718. The van der Waals surface area contributed by atoms with Gasteiger partial charge in [-0.1, -0.05) is 20.8 Å². The zero-order chi connectivity index (χ0) is 10.7. The molecule has 0 aromatic rings. The number of ketones is 1. The first-order chi connectivity index (χ1) is 6.12. The average Bonchev–Trinajstić information content (AvgIpc) is 2.08. The number of Topliss-reactive ketones (excluding diaryl/α,β-unsaturated/α-hetero) is 1. The van der Waals surface area contributed by atoms with Gasteiger partial charge in [-0.05, 0) is 26.6 Å². The summed E-state index contributed by atoms with van der Waals surface area (Å²) in [5.74, 6) is -0.0718. The number of hydrogen-bond donors (Lipinski definition) is 0. The Morgan fingerprint density at radius 2 is 1.62 bits per heavy atom. The Labute approximate surface area is 81.3 Å². The van der Waals surface area contributed by atoms with Crippen LogP contribution in [0.3, 0.4) is 0 Å². The summed E-state index contributed by atoms with van der Waals surface area (Å²) in [6, 6.07) is 1.72. The minimum absolute atomic E-state index is 0.0417. The molecule has 0 N–H and O–H groups in total. The van der Waals surface area contributed by atoms with Crippen molar-refractivity contribution in [3.63, 3.8) is 0 Å². The molecule has 0 aliphatic carbocycles. The van der Waals surface area contributed by atoms with Gasteiger partial charge in [-0.15, -0.1) is 0 Å². The number of carbonyl (C=O) groups is 1. The van der Waals surface area contributed by atoms with E-state index in [0.717, 1.165) is 0 Å². The van der Waals surface area contributed by atoms with Gasteiger partial charge in [0.25, 0.3) is 0 Å². The Morgan fingerprint density at radius 3 is 1.62 bits per heavy atom. The first-order valence-corrected chi connectivity index (χ1v) is 4.70. The van der Waals surface area contributed by atoms with Gasteiger partial charge in [-0.3, -0.25) is 4.79 Å². The van der Waals surface area contributed by atoms with Crippen LogP contribution in [-0.4, -0.2) is 30.3 Å². The molecular formula is C10H20N2O. The second kappa shape index (κ2) is 11.1. The first-order valence-electron chi connectivity index (χ1n) is 4.70. The van der Waals surface area contributed by atoms with Gasteiger partial charge < -0.3 is 4.90 Å². The number of nitrogens with zero attached hydrogens (tertiary/aromatic N) is 2. The molecule has 0 amide bonds. The van der Waals surface area contributed by atoms with Crippen molar-refractivity contribution in [3.8, 4) is 6.07 Å². The smallest absolute Gasteiger partial charge is 0.143 e. The molecule has 0 aromatic carbocycles. The zero-order valence-corrected chi connectivity index (χ0v) is 9.13. The molecule has 0 fully saturated rings. The normalized spacial score (nSPS) is 8.62. The van der Waals surface area contributed by atoms with E-state index in [1.54, 1.807) is 6.07 Å². The molecule has 76 valence electrons. The lowest BCUT2D eigenvalue weighted by Gasteiger charge is -2.13. The summed E-state index contributed by atoms with van der Waals surface area (Å²) in [5.41, 5.74) is 0. The van der Waals surface area contributed by atoms with E-state index >= 15 is 0 Å². The molecule has 3 nitrogen and oxygen atoms in total. The highest BCUT2D eigenvalue weighted by Gasteiger charge is 1.89. The highest BCUT2D eigenvalue weighted by molar-refractivity contribution is 5.77. The van der Waals surface area contributed by atoms with Crippen LogP contribution in [0.1, 0.15) is 34.1 Å². The van der Waals surface area contributed by atoms with Crippen molar-refractivity contribution in [1.82, 2.24) is 4.90 Å². The van der Waals surface area contributed by atoms with Gasteiger partial charge in [0.15, 0.2) is 0 Å². The van der Waals surface area contributed by atoms with Crippen molar-refractivity contribution < 1.29 is 4.79 Å². The Kier molecular flexibility index (Phi) is 12.5. The van der Waals surface area contributed by atoms with Crippen LogP contribution in [0.5, 0.6) is 0 Å². The highest BCUT2D eigenvalue weighted by atomic mass is 16.1. The zero-order valence-electron chi connectivity index (χ0n) is 9.13. The highest BCUT2D eigenvalue weighted by Crippen LogP contribution is 1.81. The van der Waals surface area contributed by atoms with Crippen LogP contribution < -0.4 is 0 Å². The second-order valence-corrected chi connectivity index (χ2v) is 2.66. The van der Waals surface area contributed by atoms with Crippen molar-refractivity contribution in [2.24, 2.45) is 0 Å². The van der Waals surface area contributed by atoms with E-state index in [1.807, 2.05) is 0 Å². The largest absolute Gasteiger partial charge is 0.304 e. The molecule has 0 aliphatic heterocycles. The Morgan fingerprint density at radius 1 is 1.23 bits per heavy atom. The van der Waals surface area contributed by atoms with Crippen molar-refractivity contribution in [2.75, 3.05) is 19.6 Å². The molecular weight excluding hydrogens is 164 g/mol. The summed E-state index contributed by atoms with van der Waals surface area (Å²) in [4.78, 5) is 12.2. The van der Waals surface area contributed by atoms with Gasteiger partial charge in [-0.2, -0.15) is 5.26 Å². The third kappa shape index (κ3) is 14.0. The molecule has 0 aromatic heterocycles. The van der Waals surface area contributed by atoms with E-state index in [9.17, 15) is 4.79 Å². The van der Waals surface area contributed by atoms with E-state index < -0.39 is 0 Å². The summed E-state index contributed by atoms with van der Waals surface area (Å²) in [7, 11) is 0. The quantitative estimate of drug-likeness (QED) is 0.669. The molecule has 0 heterocycles. The van der Waals surface area contributed by atoms with Crippen LogP contribution >= 0.6 is 0 Å². The summed E-state index contributed by atoms with van der Waals surface area (Å²) in [6.45, 7) is 11.5. The third-order valence-corrected chi connectivity index (χ3v) is 1.67. The summed E-state index contributed by atoms with van der Waals surface area (Å²) in [6.07, 6.45) is 0.0417. The Bertz CT molecular complexity index is 151. The second-order valence-electron chi connectivity index (χ2n) is 2.66. The van der Waals surface area contributed by atoms with Crippen molar-refractivity contribution in [2.45, 2.75) is 34.1 Å². The SMILES string of the molecule is CC(=O)CC#N.CCN(CC)CC. The Hall–Kier alpha value is -0.880. The molecule has 0 saturated carbocycles. The number of hydrogen-bond acceptors (Lipinski definition) is 3. The molecule has 0 rings (SSSR count). The van der Waals surface area contributed by atoms with Crippen LogP contribution in [0, 0.1) is 11.3 Å². The number of carbonyl (C=O) groups excluding carboxylic acids is 1. The maximum absolute atomic E-state index is 9.82. The molecule has 3 heteroatoms. The van der Waals surface area contributed by atoms with Gasteiger partial charge in [-0.25, -0.2) is 0 Å². The molecule has 0 saturated heterocycles. The van der Waals surface area contributed by atoms with E-state index in [1.165, 1.54) is 26.6 Å².